The lowest BCUT2D eigenvalue weighted by Crippen LogP contribution is -2.30. The van der Waals surface area contributed by atoms with Crippen LogP contribution in [0.1, 0.15) is 271 Å². The molecule has 330 valence electrons. The smallest absolute Gasteiger partial charge is 0.306 e. The molecule has 0 aromatic heterocycles. The van der Waals surface area contributed by atoms with E-state index in [2.05, 4.69) is 32.9 Å². The molecule has 0 fully saturated rings. The van der Waals surface area contributed by atoms with Gasteiger partial charge in [0.15, 0.2) is 6.10 Å². The number of hydrogen-bond donors (Lipinski definition) is 0. The second-order valence-corrected chi connectivity index (χ2v) is 16.7. The van der Waals surface area contributed by atoms with E-state index in [0.717, 1.165) is 64.2 Å². The van der Waals surface area contributed by atoms with E-state index >= 15 is 0 Å². The van der Waals surface area contributed by atoms with Crippen LogP contribution in [0.25, 0.3) is 0 Å². The Balaban J connectivity index is 4.01. The summed E-state index contributed by atoms with van der Waals surface area (Å²) < 4.78 is 16.6. The maximum absolute atomic E-state index is 12.6. The number of allylic oxidation sites excluding steroid dienone is 2. The van der Waals surface area contributed by atoms with Gasteiger partial charge in [0.1, 0.15) is 13.2 Å². The van der Waals surface area contributed by atoms with Crippen LogP contribution < -0.4 is 0 Å². The lowest BCUT2D eigenvalue weighted by molar-refractivity contribution is -0.167. The molecule has 56 heavy (non-hydrogen) atoms. The zero-order valence-electron chi connectivity index (χ0n) is 37.7. The van der Waals surface area contributed by atoms with Gasteiger partial charge in [-0.15, -0.1) is 0 Å². The van der Waals surface area contributed by atoms with Crippen molar-refractivity contribution in [3.05, 3.63) is 12.2 Å². The molecule has 6 nitrogen and oxygen atoms in total. The van der Waals surface area contributed by atoms with Crippen LogP contribution in [0.2, 0.25) is 0 Å². The Hall–Kier alpha value is -1.85. The predicted octanol–water partition coefficient (Wildman–Crippen LogP) is 15.8. The van der Waals surface area contributed by atoms with E-state index in [-0.39, 0.29) is 31.1 Å². The van der Waals surface area contributed by atoms with Crippen LogP contribution in [0, 0.1) is 0 Å². The summed E-state index contributed by atoms with van der Waals surface area (Å²) in [6.45, 7) is 6.56. The van der Waals surface area contributed by atoms with Crippen molar-refractivity contribution in [2.24, 2.45) is 0 Å². The number of ether oxygens (including phenoxy) is 3. The number of esters is 3. The minimum absolute atomic E-state index is 0.0670. The van der Waals surface area contributed by atoms with Crippen LogP contribution in [0.5, 0.6) is 0 Å². The maximum atomic E-state index is 12.6. The quantitative estimate of drug-likeness (QED) is 0.0264. The SMILES string of the molecule is CCCCCCCCCC/C=C\CCCCCCCCCCCCCC(=O)OCC(COC(=O)CCCCCCC)OC(=O)CCCCCCCCCCCC. The van der Waals surface area contributed by atoms with Crippen molar-refractivity contribution in [3.63, 3.8) is 0 Å². The fourth-order valence-corrected chi connectivity index (χ4v) is 7.26. The van der Waals surface area contributed by atoms with E-state index in [1.54, 1.807) is 0 Å². The van der Waals surface area contributed by atoms with Gasteiger partial charge in [-0.3, -0.25) is 14.4 Å². The Kier molecular flexibility index (Phi) is 44.3. The summed E-state index contributed by atoms with van der Waals surface area (Å²) in [5.41, 5.74) is 0. The molecule has 0 N–H and O–H groups in total. The Morgan fingerprint density at radius 3 is 0.893 bits per heavy atom. The number of carbonyl (C=O) groups is 3. The van der Waals surface area contributed by atoms with Gasteiger partial charge in [0, 0.05) is 19.3 Å². The highest BCUT2D eigenvalue weighted by atomic mass is 16.6. The molecule has 0 aliphatic carbocycles. The summed E-state index contributed by atoms with van der Waals surface area (Å²) in [6, 6.07) is 0. The first-order valence-corrected chi connectivity index (χ1v) is 24.7. The molecule has 0 rings (SSSR count). The number of unbranched alkanes of at least 4 members (excludes halogenated alkanes) is 32. The minimum atomic E-state index is -0.759. The second-order valence-electron chi connectivity index (χ2n) is 16.7. The van der Waals surface area contributed by atoms with E-state index in [1.807, 2.05) is 0 Å². The zero-order chi connectivity index (χ0) is 40.8. The predicted molar refractivity (Wildman–Crippen MR) is 238 cm³/mol. The summed E-state index contributed by atoms with van der Waals surface area (Å²) in [6.07, 6.45) is 49.6. The Bertz CT molecular complexity index is 870. The summed E-state index contributed by atoms with van der Waals surface area (Å²) >= 11 is 0. The molecule has 6 heteroatoms. The molecule has 1 unspecified atom stereocenters. The monoisotopic (exact) mass is 791 g/mol. The lowest BCUT2D eigenvalue weighted by atomic mass is 10.0. The maximum Gasteiger partial charge on any atom is 0.306 e. The Labute approximate surface area is 348 Å². The normalized spacial score (nSPS) is 12.0. The lowest BCUT2D eigenvalue weighted by Gasteiger charge is -2.18. The van der Waals surface area contributed by atoms with Crippen molar-refractivity contribution in [2.45, 2.75) is 277 Å². The van der Waals surface area contributed by atoms with Crippen LogP contribution >= 0.6 is 0 Å². The largest absolute Gasteiger partial charge is 0.462 e. The highest BCUT2D eigenvalue weighted by molar-refractivity contribution is 5.71. The molecule has 0 radical (unpaired) electrons. The van der Waals surface area contributed by atoms with Crippen LogP contribution in [0.15, 0.2) is 12.2 Å². The van der Waals surface area contributed by atoms with Crippen molar-refractivity contribution in [3.8, 4) is 0 Å². The summed E-state index contributed by atoms with van der Waals surface area (Å²) in [4.78, 5) is 37.5. The molecule has 0 saturated heterocycles. The third kappa shape index (κ3) is 43.3. The van der Waals surface area contributed by atoms with E-state index in [9.17, 15) is 14.4 Å². The second kappa shape index (κ2) is 45.8. The van der Waals surface area contributed by atoms with Crippen LogP contribution in [-0.2, 0) is 28.6 Å². The van der Waals surface area contributed by atoms with Gasteiger partial charge in [0.2, 0.25) is 0 Å². The molecular formula is C50H94O6. The molecule has 0 spiro atoms. The van der Waals surface area contributed by atoms with Crippen LogP contribution in [-0.4, -0.2) is 37.2 Å². The number of hydrogen-bond acceptors (Lipinski definition) is 6. The summed E-state index contributed by atoms with van der Waals surface area (Å²) in [5.74, 6) is -0.873. The third-order valence-corrected chi connectivity index (χ3v) is 11.0. The molecule has 0 bridgehead atoms. The highest BCUT2D eigenvalue weighted by Gasteiger charge is 2.19. The van der Waals surface area contributed by atoms with E-state index < -0.39 is 6.10 Å². The molecule has 0 amide bonds. The van der Waals surface area contributed by atoms with Crippen molar-refractivity contribution >= 4 is 17.9 Å². The average Bonchev–Trinajstić information content (AvgIpc) is 3.19. The molecular weight excluding hydrogens is 697 g/mol. The Morgan fingerprint density at radius 1 is 0.339 bits per heavy atom. The van der Waals surface area contributed by atoms with Crippen molar-refractivity contribution in [1.29, 1.82) is 0 Å². The first-order valence-electron chi connectivity index (χ1n) is 24.7. The molecule has 0 saturated carbocycles. The van der Waals surface area contributed by atoms with E-state index in [0.29, 0.717) is 19.3 Å². The topological polar surface area (TPSA) is 78.9 Å². The van der Waals surface area contributed by atoms with Crippen LogP contribution in [0.3, 0.4) is 0 Å². The standard InChI is InChI=1S/C50H94O6/c1-4-7-10-13-15-17-19-20-21-22-23-24-25-26-27-28-29-30-31-33-34-37-40-43-49(52)55-46-47(45-54-48(51)42-39-36-12-9-6-3)56-50(53)44-41-38-35-32-18-16-14-11-8-5-2/h22-23,47H,4-21,24-46H2,1-3H3/b23-22-. The fraction of sp³-hybridized carbons (Fsp3) is 0.900. The third-order valence-electron chi connectivity index (χ3n) is 11.0. The molecule has 0 aliphatic rings. The first-order chi connectivity index (χ1) is 27.5. The van der Waals surface area contributed by atoms with Crippen molar-refractivity contribution in [1.82, 2.24) is 0 Å². The van der Waals surface area contributed by atoms with E-state index in [1.165, 1.54) is 167 Å². The van der Waals surface area contributed by atoms with Gasteiger partial charge >= 0.3 is 17.9 Å². The van der Waals surface area contributed by atoms with E-state index in [4.69, 9.17) is 14.2 Å². The zero-order valence-corrected chi connectivity index (χ0v) is 37.7. The van der Waals surface area contributed by atoms with Crippen molar-refractivity contribution in [2.75, 3.05) is 13.2 Å². The highest BCUT2D eigenvalue weighted by Crippen LogP contribution is 2.16. The molecule has 0 aromatic rings. The van der Waals surface area contributed by atoms with Gasteiger partial charge in [-0.2, -0.15) is 0 Å². The molecule has 0 heterocycles. The van der Waals surface area contributed by atoms with Gasteiger partial charge in [0.25, 0.3) is 0 Å². The minimum Gasteiger partial charge on any atom is -0.462 e. The van der Waals surface area contributed by atoms with Gasteiger partial charge in [-0.1, -0.05) is 219 Å². The molecule has 0 aromatic carbocycles. The number of rotatable bonds is 45. The fourth-order valence-electron chi connectivity index (χ4n) is 7.26. The van der Waals surface area contributed by atoms with Crippen LogP contribution in [0.4, 0.5) is 0 Å². The van der Waals surface area contributed by atoms with Gasteiger partial charge in [-0.25, -0.2) is 0 Å². The average molecular weight is 791 g/mol. The Morgan fingerprint density at radius 2 is 0.589 bits per heavy atom. The first kappa shape index (κ1) is 54.2. The van der Waals surface area contributed by atoms with Gasteiger partial charge in [-0.05, 0) is 44.9 Å². The summed E-state index contributed by atoms with van der Waals surface area (Å²) in [7, 11) is 0. The van der Waals surface area contributed by atoms with Gasteiger partial charge < -0.3 is 14.2 Å². The number of carbonyl (C=O) groups excluding carboxylic acids is 3. The molecule has 0 aliphatic heterocycles. The molecule has 1 atom stereocenters. The summed E-state index contributed by atoms with van der Waals surface area (Å²) in [5, 5.41) is 0. The van der Waals surface area contributed by atoms with Gasteiger partial charge in [0.05, 0.1) is 0 Å². The van der Waals surface area contributed by atoms with Crippen molar-refractivity contribution < 1.29 is 28.6 Å².